The number of nitriles is 2. The van der Waals surface area contributed by atoms with Crippen molar-refractivity contribution in [2.24, 2.45) is 5.73 Å². The first kappa shape index (κ1) is 16.4. The molecule has 0 radical (unpaired) electrons. The van der Waals surface area contributed by atoms with E-state index in [1.54, 1.807) is 4.90 Å². The number of nitrogens with zero attached hydrogens (tertiary/aromatic N) is 3. The summed E-state index contributed by atoms with van der Waals surface area (Å²) in [6.07, 6.45) is 2.57. The number of rotatable bonds is 10. The van der Waals surface area contributed by atoms with Gasteiger partial charge in [0, 0.05) is 25.9 Å². The summed E-state index contributed by atoms with van der Waals surface area (Å²) in [7, 11) is 0. The number of carbonyl (C=O) groups is 1. The molecule has 6 heteroatoms. The van der Waals surface area contributed by atoms with Crippen LogP contribution in [-0.4, -0.2) is 41.7 Å². The van der Waals surface area contributed by atoms with Gasteiger partial charge < -0.3 is 10.8 Å². The molecule has 0 spiro atoms. The molecular weight excluding hydrogens is 232 g/mol. The van der Waals surface area contributed by atoms with Gasteiger partial charge in [-0.25, -0.2) is 0 Å². The van der Waals surface area contributed by atoms with E-state index in [0.29, 0.717) is 26.1 Å². The Labute approximate surface area is 108 Å². The van der Waals surface area contributed by atoms with E-state index in [9.17, 15) is 9.90 Å². The third-order valence-electron chi connectivity index (χ3n) is 2.68. The van der Waals surface area contributed by atoms with Crippen LogP contribution in [0.15, 0.2) is 0 Å². The zero-order valence-corrected chi connectivity index (χ0v) is 10.5. The van der Waals surface area contributed by atoms with Gasteiger partial charge in [-0.2, -0.15) is 10.5 Å². The molecule has 0 bridgehead atoms. The fourth-order valence-corrected chi connectivity index (χ4v) is 1.75. The van der Waals surface area contributed by atoms with Crippen LogP contribution in [0.5, 0.6) is 0 Å². The SMILES string of the molecule is N#CCCN(CCC#N)C(CCCCN)C(=O)O. The highest BCUT2D eigenvalue weighted by Crippen LogP contribution is 2.10. The van der Waals surface area contributed by atoms with Crippen molar-refractivity contribution in [2.75, 3.05) is 19.6 Å². The van der Waals surface area contributed by atoms with Crippen molar-refractivity contribution < 1.29 is 9.90 Å². The monoisotopic (exact) mass is 252 g/mol. The Bertz CT molecular complexity index is 301. The predicted octanol–water partition coefficient (Wildman–Crippen LogP) is 0.698. The van der Waals surface area contributed by atoms with Gasteiger partial charge in [0.05, 0.1) is 12.1 Å². The van der Waals surface area contributed by atoms with Gasteiger partial charge in [0.2, 0.25) is 0 Å². The second kappa shape index (κ2) is 10.5. The van der Waals surface area contributed by atoms with Gasteiger partial charge in [0.15, 0.2) is 0 Å². The molecule has 0 aliphatic carbocycles. The van der Waals surface area contributed by atoms with E-state index in [2.05, 4.69) is 0 Å². The van der Waals surface area contributed by atoms with Gasteiger partial charge in [-0.3, -0.25) is 9.69 Å². The summed E-state index contributed by atoms with van der Waals surface area (Å²) < 4.78 is 0. The molecule has 3 N–H and O–H groups in total. The average molecular weight is 252 g/mol. The van der Waals surface area contributed by atoms with Crippen LogP contribution in [-0.2, 0) is 4.79 Å². The standard InChI is InChI=1S/C12H20N4O2/c13-6-2-1-5-11(12(17)18)16(9-3-7-14)10-4-8-15/h11H,1-6,9-10,13H2,(H,17,18). The molecule has 1 unspecified atom stereocenters. The van der Waals surface area contributed by atoms with Crippen molar-refractivity contribution in [2.45, 2.75) is 38.1 Å². The van der Waals surface area contributed by atoms with E-state index in [0.717, 1.165) is 12.8 Å². The third-order valence-corrected chi connectivity index (χ3v) is 2.68. The number of hydrogen-bond acceptors (Lipinski definition) is 5. The minimum absolute atomic E-state index is 0.270. The third kappa shape index (κ3) is 6.85. The fraction of sp³-hybridized carbons (Fsp3) is 0.750. The summed E-state index contributed by atoms with van der Waals surface area (Å²) in [4.78, 5) is 12.9. The van der Waals surface area contributed by atoms with Gasteiger partial charge >= 0.3 is 5.97 Å². The van der Waals surface area contributed by atoms with E-state index in [4.69, 9.17) is 16.3 Å². The molecule has 6 nitrogen and oxygen atoms in total. The molecule has 0 saturated heterocycles. The maximum absolute atomic E-state index is 11.2. The first-order chi connectivity index (χ1) is 8.67. The average Bonchev–Trinajstić information content (AvgIpc) is 2.35. The quantitative estimate of drug-likeness (QED) is 0.553. The number of aliphatic carboxylic acids is 1. The molecule has 0 fully saturated rings. The molecule has 0 saturated carbocycles. The highest BCUT2D eigenvalue weighted by Gasteiger charge is 2.24. The van der Waals surface area contributed by atoms with Crippen LogP contribution in [0.4, 0.5) is 0 Å². The largest absolute Gasteiger partial charge is 0.480 e. The molecule has 0 aromatic carbocycles. The van der Waals surface area contributed by atoms with Crippen LogP contribution in [0.25, 0.3) is 0 Å². The Morgan fingerprint density at radius 1 is 1.22 bits per heavy atom. The number of carboxylic acids is 1. The smallest absolute Gasteiger partial charge is 0.320 e. The predicted molar refractivity (Wildman–Crippen MR) is 66.4 cm³/mol. The normalized spacial score (nSPS) is 11.8. The molecule has 100 valence electrons. The fourth-order valence-electron chi connectivity index (χ4n) is 1.75. The molecule has 1 atom stereocenters. The Morgan fingerprint density at radius 3 is 2.17 bits per heavy atom. The molecule has 0 rings (SSSR count). The minimum Gasteiger partial charge on any atom is -0.480 e. The Kier molecular flexibility index (Phi) is 9.57. The van der Waals surface area contributed by atoms with Crippen molar-refractivity contribution in [3.05, 3.63) is 0 Å². The highest BCUT2D eigenvalue weighted by molar-refractivity contribution is 5.73. The summed E-state index contributed by atoms with van der Waals surface area (Å²) in [5.74, 6) is -0.900. The summed E-state index contributed by atoms with van der Waals surface area (Å²) in [6.45, 7) is 1.32. The van der Waals surface area contributed by atoms with Gasteiger partial charge in [0.1, 0.15) is 6.04 Å². The molecule has 0 amide bonds. The number of nitrogens with two attached hydrogens (primary N) is 1. The zero-order chi connectivity index (χ0) is 13.8. The van der Waals surface area contributed by atoms with E-state index in [1.807, 2.05) is 12.1 Å². The van der Waals surface area contributed by atoms with Crippen molar-refractivity contribution in [3.63, 3.8) is 0 Å². The van der Waals surface area contributed by atoms with Gasteiger partial charge in [0.25, 0.3) is 0 Å². The van der Waals surface area contributed by atoms with Crippen LogP contribution >= 0.6 is 0 Å². The lowest BCUT2D eigenvalue weighted by atomic mass is 10.1. The number of unbranched alkanes of at least 4 members (excludes halogenated alkanes) is 1. The Hall–Kier alpha value is -1.63. The Balaban J connectivity index is 4.48. The summed E-state index contributed by atoms with van der Waals surface area (Å²) in [5.41, 5.74) is 5.38. The minimum atomic E-state index is -0.900. The first-order valence-electron chi connectivity index (χ1n) is 6.08. The second-order valence-corrected chi connectivity index (χ2v) is 3.99. The summed E-state index contributed by atoms with van der Waals surface area (Å²) in [6, 6.07) is 3.37. The molecule has 0 aromatic heterocycles. The van der Waals surface area contributed by atoms with Crippen LogP contribution in [0.1, 0.15) is 32.1 Å². The lowest BCUT2D eigenvalue weighted by Gasteiger charge is -2.27. The van der Waals surface area contributed by atoms with Crippen molar-refractivity contribution in [3.8, 4) is 12.1 Å². The maximum atomic E-state index is 11.2. The van der Waals surface area contributed by atoms with Gasteiger partial charge in [-0.05, 0) is 19.4 Å². The van der Waals surface area contributed by atoms with Crippen LogP contribution in [0, 0.1) is 22.7 Å². The lowest BCUT2D eigenvalue weighted by Crippen LogP contribution is -2.42. The molecular formula is C12H20N4O2. The summed E-state index contributed by atoms with van der Waals surface area (Å²) >= 11 is 0. The van der Waals surface area contributed by atoms with Crippen molar-refractivity contribution >= 4 is 5.97 Å². The van der Waals surface area contributed by atoms with Crippen LogP contribution < -0.4 is 5.73 Å². The lowest BCUT2D eigenvalue weighted by molar-refractivity contribution is -0.143. The molecule has 0 aromatic rings. The number of hydrogen-bond donors (Lipinski definition) is 2. The van der Waals surface area contributed by atoms with Crippen LogP contribution in [0.2, 0.25) is 0 Å². The Morgan fingerprint density at radius 2 is 1.78 bits per heavy atom. The van der Waals surface area contributed by atoms with Crippen molar-refractivity contribution in [1.82, 2.24) is 4.90 Å². The van der Waals surface area contributed by atoms with Crippen LogP contribution in [0.3, 0.4) is 0 Å². The molecule has 18 heavy (non-hydrogen) atoms. The van der Waals surface area contributed by atoms with Crippen molar-refractivity contribution in [1.29, 1.82) is 10.5 Å². The maximum Gasteiger partial charge on any atom is 0.320 e. The topological polar surface area (TPSA) is 114 Å². The highest BCUT2D eigenvalue weighted by atomic mass is 16.4. The summed E-state index contributed by atoms with van der Waals surface area (Å²) in [5, 5.41) is 26.3. The van der Waals surface area contributed by atoms with E-state index in [1.165, 1.54) is 0 Å². The van der Waals surface area contributed by atoms with E-state index >= 15 is 0 Å². The first-order valence-corrected chi connectivity index (χ1v) is 6.08. The molecule has 0 aliphatic heterocycles. The number of carboxylic acid groups (broad SMARTS) is 1. The zero-order valence-electron chi connectivity index (χ0n) is 10.5. The van der Waals surface area contributed by atoms with E-state index in [-0.39, 0.29) is 12.8 Å². The van der Waals surface area contributed by atoms with E-state index < -0.39 is 12.0 Å². The second-order valence-electron chi connectivity index (χ2n) is 3.99. The van der Waals surface area contributed by atoms with Gasteiger partial charge in [-0.15, -0.1) is 0 Å². The molecule has 0 heterocycles. The van der Waals surface area contributed by atoms with Gasteiger partial charge in [-0.1, -0.05) is 6.42 Å². The molecule has 0 aliphatic rings.